The molecule has 0 fully saturated rings. The summed E-state index contributed by atoms with van der Waals surface area (Å²) in [6, 6.07) is 11.9. The summed E-state index contributed by atoms with van der Waals surface area (Å²) in [7, 11) is 4.52. The summed E-state index contributed by atoms with van der Waals surface area (Å²) in [6.07, 6.45) is 0.582. The van der Waals surface area contributed by atoms with Crippen molar-refractivity contribution < 1.29 is 32.7 Å². The van der Waals surface area contributed by atoms with Crippen LogP contribution in [0.4, 0.5) is 5.69 Å². The molecule has 176 valence electrons. The van der Waals surface area contributed by atoms with Gasteiger partial charge in [0.2, 0.25) is 11.7 Å². The van der Waals surface area contributed by atoms with Crippen molar-refractivity contribution in [3.05, 3.63) is 65.1 Å². The molecule has 4 aromatic rings. The molecule has 2 aromatic heterocycles. The summed E-state index contributed by atoms with van der Waals surface area (Å²) in [5.74, 6) is 1.55. The third kappa shape index (κ3) is 4.59. The van der Waals surface area contributed by atoms with Gasteiger partial charge in [0, 0.05) is 41.6 Å². The zero-order valence-electron chi connectivity index (χ0n) is 19.3. The van der Waals surface area contributed by atoms with Gasteiger partial charge in [0.25, 0.3) is 5.88 Å². The topological polar surface area (TPSA) is 113 Å². The molecule has 1 amide bonds. The molecule has 34 heavy (non-hydrogen) atoms. The van der Waals surface area contributed by atoms with Gasteiger partial charge in [-0.1, -0.05) is 0 Å². The van der Waals surface area contributed by atoms with Gasteiger partial charge in [0.15, 0.2) is 5.76 Å². The number of fused-ring (bicyclic) bond motifs is 1. The maximum Gasteiger partial charge on any atom is 0.254 e. The molecule has 0 unspecified atom stereocenters. The van der Waals surface area contributed by atoms with Crippen LogP contribution in [0.1, 0.15) is 33.9 Å². The van der Waals surface area contributed by atoms with Crippen molar-refractivity contribution in [2.45, 2.75) is 19.8 Å². The molecule has 2 aromatic carbocycles. The summed E-state index contributed by atoms with van der Waals surface area (Å²) in [6.45, 7) is 1.82. The molecule has 2 heterocycles. The van der Waals surface area contributed by atoms with E-state index in [1.165, 1.54) is 21.3 Å². The molecule has 0 atom stereocenters. The standard InChI is InChI=1S/C25H24N2O7/c1-14-18-8-5-15(26-22(28)10-7-17-13-23(32-4)27-34-17)11-21(18)33-25(14)24(29)19-12-16(30-2)6-9-20(19)31-3/h5-6,8-9,11-13H,7,10H2,1-4H3,(H,26,28). The van der Waals surface area contributed by atoms with E-state index in [0.29, 0.717) is 52.0 Å². The van der Waals surface area contributed by atoms with Gasteiger partial charge in [-0.05, 0) is 42.4 Å². The Morgan fingerprint density at radius 2 is 1.82 bits per heavy atom. The SMILES string of the molecule is COc1ccc(OC)c(C(=O)c2oc3cc(NC(=O)CCc4cc(OC)no4)ccc3c2C)c1. The second-order valence-corrected chi connectivity index (χ2v) is 7.55. The number of methoxy groups -OCH3 is 3. The number of hydrogen-bond donors (Lipinski definition) is 1. The van der Waals surface area contributed by atoms with E-state index in [0.717, 1.165) is 5.39 Å². The lowest BCUT2D eigenvalue weighted by atomic mass is 10.0. The third-order valence-electron chi connectivity index (χ3n) is 5.42. The highest BCUT2D eigenvalue weighted by molar-refractivity contribution is 6.12. The van der Waals surface area contributed by atoms with E-state index in [2.05, 4.69) is 10.5 Å². The monoisotopic (exact) mass is 464 g/mol. The lowest BCUT2D eigenvalue weighted by Crippen LogP contribution is -2.12. The summed E-state index contributed by atoms with van der Waals surface area (Å²) in [5.41, 5.74) is 2.07. The first kappa shape index (κ1) is 22.9. The van der Waals surface area contributed by atoms with Crippen LogP contribution in [0.3, 0.4) is 0 Å². The highest BCUT2D eigenvalue weighted by Crippen LogP contribution is 2.32. The van der Waals surface area contributed by atoms with Crippen molar-refractivity contribution in [1.82, 2.24) is 5.16 Å². The summed E-state index contributed by atoms with van der Waals surface area (Å²) in [5, 5.41) is 7.32. The molecule has 0 aliphatic rings. The quantitative estimate of drug-likeness (QED) is 0.359. The van der Waals surface area contributed by atoms with E-state index in [1.54, 1.807) is 36.4 Å². The Hall–Kier alpha value is -4.27. The lowest BCUT2D eigenvalue weighted by Gasteiger charge is -2.08. The molecule has 0 saturated heterocycles. The Balaban J connectivity index is 1.53. The molecule has 9 nitrogen and oxygen atoms in total. The van der Waals surface area contributed by atoms with Crippen LogP contribution in [0.5, 0.6) is 17.4 Å². The lowest BCUT2D eigenvalue weighted by molar-refractivity contribution is -0.116. The normalized spacial score (nSPS) is 10.8. The van der Waals surface area contributed by atoms with Crippen LogP contribution >= 0.6 is 0 Å². The number of aryl methyl sites for hydroxylation is 2. The van der Waals surface area contributed by atoms with Crippen LogP contribution in [0.25, 0.3) is 11.0 Å². The maximum atomic E-state index is 13.3. The van der Waals surface area contributed by atoms with Gasteiger partial charge in [0.1, 0.15) is 22.8 Å². The number of aromatic nitrogens is 1. The van der Waals surface area contributed by atoms with Crippen molar-refractivity contribution in [3.8, 4) is 17.4 Å². The van der Waals surface area contributed by atoms with E-state index in [4.69, 9.17) is 23.2 Å². The minimum Gasteiger partial charge on any atom is -0.497 e. The van der Waals surface area contributed by atoms with Crippen LogP contribution in [-0.2, 0) is 11.2 Å². The Morgan fingerprint density at radius 1 is 1.00 bits per heavy atom. The average Bonchev–Trinajstić information content (AvgIpc) is 3.45. The zero-order chi connectivity index (χ0) is 24.2. The molecule has 1 N–H and O–H groups in total. The van der Waals surface area contributed by atoms with Gasteiger partial charge < -0.3 is 28.5 Å². The van der Waals surface area contributed by atoms with Crippen LogP contribution in [0, 0.1) is 6.92 Å². The number of hydrogen-bond acceptors (Lipinski definition) is 8. The number of anilines is 1. The first-order chi connectivity index (χ1) is 16.4. The molecular formula is C25H24N2O7. The average molecular weight is 464 g/mol. The summed E-state index contributed by atoms with van der Waals surface area (Å²) >= 11 is 0. The number of rotatable bonds is 9. The number of carbonyl (C=O) groups is 2. The van der Waals surface area contributed by atoms with Crippen molar-refractivity contribution in [1.29, 1.82) is 0 Å². The number of ether oxygens (including phenoxy) is 3. The smallest absolute Gasteiger partial charge is 0.254 e. The molecule has 9 heteroatoms. The number of carbonyl (C=O) groups excluding carboxylic acids is 2. The number of benzene rings is 2. The van der Waals surface area contributed by atoms with E-state index in [-0.39, 0.29) is 23.9 Å². The molecular weight excluding hydrogens is 440 g/mol. The summed E-state index contributed by atoms with van der Waals surface area (Å²) < 4.78 is 26.6. The number of furan rings is 1. The first-order valence-corrected chi connectivity index (χ1v) is 10.5. The molecule has 0 spiro atoms. The van der Waals surface area contributed by atoms with Crippen molar-refractivity contribution in [2.75, 3.05) is 26.6 Å². The van der Waals surface area contributed by atoms with Gasteiger partial charge in [-0.15, -0.1) is 0 Å². The van der Waals surface area contributed by atoms with Crippen LogP contribution < -0.4 is 19.5 Å². The fourth-order valence-electron chi connectivity index (χ4n) is 3.60. The molecule has 0 aliphatic heterocycles. The number of nitrogens with zero attached hydrogens (tertiary/aromatic N) is 1. The van der Waals surface area contributed by atoms with E-state index < -0.39 is 0 Å². The Morgan fingerprint density at radius 3 is 2.53 bits per heavy atom. The van der Waals surface area contributed by atoms with Gasteiger partial charge in [0.05, 0.1) is 26.9 Å². The van der Waals surface area contributed by atoms with Crippen molar-refractivity contribution in [3.63, 3.8) is 0 Å². The molecule has 0 aliphatic carbocycles. The Bertz CT molecular complexity index is 1350. The zero-order valence-corrected chi connectivity index (χ0v) is 19.3. The number of amides is 1. The van der Waals surface area contributed by atoms with E-state index >= 15 is 0 Å². The predicted molar refractivity (Wildman–Crippen MR) is 124 cm³/mol. The molecule has 0 radical (unpaired) electrons. The third-order valence-corrected chi connectivity index (χ3v) is 5.42. The number of ketones is 1. The van der Waals surface area contributed by atoms with E-state index in [1.807, 2.05) is 13.0 Å². The molecule has 4 rings (SSSR count). The fraction of sp³-hybridized carbons (Fsp3) is 0.240. The first-order valence-electron chi connectivity index (χ1n) is 10.5. The van der Waals surface area contributed by atoms with E-state index in [9.17, 15) is 9.59 Å². The van der Waals surface area contributed by atoms with Crippen LogP contribution in [-0.4, -0.2) is 38.2 Å². The summed E-state index contributed by atoms with van der Waals surface area (Å²) in [4.78, 5) is 25.6. The Labute approximate surface area is 195 Å². The largest absolute Gasteiger partial charge is 0.497 e. The predicted octanol–water partition coefficient (Wildman–Crippen LogP) is 4.56. The van der Waals surface area contributed by atoms with Gasteiger partial charge in [-0.3, -0.25) is 9.59 Å². The minimum absolute atomic E-state index is 0.198. The second-order valence-electron chi connectivity index (χ2n) is 7.55. The van der Waals surface area contributed by atoms with Crippen molar-refractivity contribution >= 4 is 28.3 Å². The second kappa shape index (κ2) is 9.70. The Kier molecular flexibility index (Phi) is 6.53. The molecule has 0 saturated carbocycles. The highest BCUT2D eigenvalue weighted by Gasteiger charge is 2.23. The number of nitrogens with one attached hydrogen (secondary N) is 1. The fourth-order valence-corrected chi connectivity index (χ4v) is 3.60. The van der Waals surface area contributed by atoms with Crippen LogP contribution in [0.15, 0.2) is 51.4 Å². The highest BCUT2D eigenvalue weighted by atomic mass is 16.5. The van der Waals surface area contributed by atoms with Gasteiger partial charge >= 0.3 is 0 Å². The molecule has 0 bridgehead atoms. The van der Waals surface area contributed by atoms with Gasteiger partial charge in [-0.25, -0.2) is 0 Å². The van der Waals surface area contributed by atoms with Gasteiger partial charge in [-0.2, -0.15) is 0 Å². The maximum absolute atomic E-state index is 13.3. The van der Waals surface area contributed by atoms with Crippen molar-refractivity contribution in [2.24, 2.45) is 0 Å². The minimum atomic E-state index is -0.322. The van der Waals surface area contributed by atoms with Crippen LogP contribution in [0.2, 0.25) is 0 Å².